The highest BCUT2D eigenvalue weighted by Crippen LogP contribution is 2.36. The van der Waals surface area contributed by atoms with E-state index in [1.165, 1.54) is 5.01 Å². The number of carbonyl (C=O) groups excluding carboxylic acids is 1. The van der Waals surface area contributed by atoms with E-state index in [0.717, 1.165) is 15.6 Å². The van der Waals surface area contributed by atoms with Gasteiger partial charge in [0.1, 0.15) is 12.3 Å². The molecule has 0 saturated heterocycles. The summed E-state index contributed by atoms with van der Waals surface area (Å²) in [7, 11) is 0. The van der Waals surface area contributed by atoms with Crippen LogP contribution in [0.3, 0.4) is 0 Å². The van der Waals surface area contributed by atoms with Crippen molar-refractivity contribution in [1.29, 1.82) is 0 Å². The summed E-state index contributed by atoms with van der Waals surface area (Å²) in [6.07, 6.45) is 1.76. The van der Waals surface area contributed by atoms with E-state index in [1.807, 2.05) is 84.9 Å². The summed E-state index contributed by atoms with van der Waals surface area (Å²) in [6, 6.07) is 30.2. The number of hydrogen-bond acceptors (Lipinski definition) is 3. The normalized spacial score (nSPS) is 14.3. The molecule has 1 amide bonds. The molecule has 0 atom stereocenters. The van der Waals surface area contributed by atoms with Crippen molar-refractivity contribution in [3.8, 4) is 5.75 Å². The number of hydrogen-bond donors (Lipinski definition) is 0. The number of benzene rings is 4. The van der Waals surface area contributed by atoms with Crippen LogP contribution < -0.4 is 9.75 Å². The first-order valence-electron chi connectivity index (χ1n) is 11.1. The number of hydrazone groups is 1. The number of amides is 1. The Kier molecular flexibility index (Phi) is 7.23. The van der Waals surface area contributed by atoms with Crippen molar-refractivity contribution in [1.82, 2.24) is 0 Å². The van der Waals surface area contributed by atoms with Crippen molar-refractivity contribution in [2.24, 2.45) is 5.10 Å². The van der Waals surface area contributed by atoms with Gasteiger partial charge in [-0.05, 0) is 53.6 Å². The van der Waals surface area contributed by atoms with Gasteiger partial charge in [-0.25, -0.2) is 0 Å². The maximum absolute atomic E-state index is 13.5. The summed E-state index contributed by atoms with van der Waals surface area (Å²) in [4.78, 5) is 13.5. The summed E-state index contributed by atoms with van der Waals surface area (Å²) >= 11 is 16.5. The van der Waals surface area contributed by atoms with Crippen LogP contribution in [-0.4, -0.2) is 11.6 Å². The van der Waals surface area contributed by atoms with Crippen LogP contribution in [0.25, 0.3) is 6.08 Å². The molecule has 1 aliphatic rings. The lowest BCUT2D eigenvalue weighted by atomic mass is 10.00. The molecule has 178 valence electrons. The first-order chi connectivity index (χ1) is 17.5. The number of rotatable bonds is 6. The zero-order valence-electron chi connectivity index (χ0n) is 18.9. The fourth-order valence-corrected chi connectivity index (χ4v) is 4.68. The summed E-state index contributed by atoms with van der Waals surface area (Å²) in [5.41, 5.74) is 4.20. The van der Waals surface area contributed by atoms with Gasteiger partial charge in [-0.2, -0.15) is 10.1 Å². The van der Waals surface area contributed by atoms with Crippen LogP contribution >= 0.6 is 39.1 Å². The Hall–Kier alpha value is -3.38. The molecular formula is C29H19BrCl2N2O2. The summed E-state index contributed by atoms with van der Waals surface area (Å²) in [5, 5.41) is 6.78. The lowest BCUT2D eigenvalue weighted by Gasteiger charge is -2.12. The van der Waals surface area contributed by atoms with E-state index in [9.17, 15) is 4.79 Å². The van der Waals surface area contributed by atoms with Gasteiger partial charge in [-0.15, -0.1) is 0 Å². The van der Waals surface area contributed by atoms with Crippen molar-refractivity contribution in [2.45, 2.75) is 6.61 Å². The molecule has 1 heterocycles. The van der Waals surface area contributed by atoms with Gasteiger partial charge < -0.3 is 4.74 Å². The Balaban J connectivity index is 1.47. The number of carbonyl (C=O) groups is 1. The Bertz CT molecular complexity index is 1450. The van der Waals surface area contributed by atoms with E-state index >= 15 is 0 Å². The molecule has 36 heavy (non-hydrogen) atoms. The Labute approximate surface area is 227 Å². The lowest BCUT2D eigenvalue weighted by Crippen LogP contribution is -2.21. The highest BCUT2D eigenvalue weighted by Gasteiger charge is 2.32. The molecule has 0 aliphatic carbocycles. The van der Waals surface area contributed by atoms with Crippen molar-refractivity contribution in [2.75, 3.05) is 5.01 Å². The molecule has 4 nitrogen and oxygen atoms in total. The number of para-hydroxylation sites is 1. The van der Waals surface area contributed by atoms with E-state index < -0.39 is 0 Å². The van der Waals surface area contributed by atoms with Gasteiger partial charge in [0.25, 0.3) is 5.91 Å². The second-order valence-corrected chi connectivity index (χ2v) is 9.78. The fraction of sp³-hybridized carbons (Fsp3) is 0.0345. The molecule has 0 spiro atoms. The van der Waals surface area contributed by atoms with Crippen LogP contribution in [0.5, 0.6) is 5.75 Å². The summed E-state index contributed by atoms with van der Waals surface area (Å²) < 4.78 is 6.90. The zero-order valence-corrected chi connectivity index (χ0v) is 22.0. The minimum Gasteiger partial charge on any atom is -0.486 e. The van der Waals surface area contributed by atoms with Gasteiger partial charge >= 0.3 is 0 Å². The quantitative estimate of drug-likeness (QED) is 0.217. The fourth-order valence-electron chi connectivity index (χ4n) is 3.80. The van der Waals surface area contributed by atoms with Gasteiger partial charge in [0.05, 0.1) is 21.3 Å². The van der Waals surface area contributed by atoms with Crippen LogP contribution in [0.4, 0.5) is 5.69 Å². The predicted molar refractivity (Wildman–Crippen MR) is 150 cm³/mol. The van der Waals surface area contributed by atoms with Crippen LogP contribution in [0.15, 0.2) is 112 Å². The highest BCUT2D eigenvalue weighted by molar-refractivity contribution is 9.10. The summed E-state index contributed by atoms with van der Waals surface area (Å²) in [5.74, 6) is 0.159. The van der Waals surface area contributed by atoms with Crippen LogP contribution in [0.2, 0.25) is 10.0 Å². The number of ether oxygens (including phenoxy) is 1. The highest BCUT2D eigenvalue weighted by atomic mass is 79.9. The molecule has 0 fully saturated rings. The molecule has 0 saturated carbocycles. The maximum Gasteiger partial charge on any atom is 0.281 e. The van der Waals surface area contributed by atoms with Gasteiger partial charge in [0.2, 0.25) is 0 Å². The Morgan fingerprint density at radius 3 is 2.11 bits per heavy atom. The van der Waals surface area contributed by atoms with Crippen molar-refractivity contribution >= 4 is 62.5 Å². The lowest BCUT2D eigenvalue weighted by molar-refractivity contribution is -0.114. The van der Waals surface area contributed by atoms with Gasteiger partial charge in [0, 0.05) is 10.0 Å². The third-order valence-corrected chi connectivity index (χ3v) is 6.64. The third-order valence-electron chi connectivity index (χ3n) is 5.55. The minimum atomic E-state index is -0.233. The first-order valence-corrected chi connectivity index (χ1v) is 12.7. The molecule has 0 radical (unpaired) electrons. The topological polar surface area (TPSA) is 41.9 Å². The molecule has 0 aromatic heterocycles. The number of anilines is 1. The number of halogens is 3. The largest absolute Gasteiger partial charge is 0.486 e. The molecule has 0 unspecified atom stereocenters. The molecule has 5 rings (SSSR count). The second-order valence-electron chi connectivity index (χ2n) is 8.05. The van der Waals surface area contributed by atoms with E-state index in [1.54, 1.807) is 18.2 Å². The van der Waals surface area contributed by atoms with Gasteiger partial charge in [-0.1, -0.05) is 99.8 Å². The molecule has 1 aliphatic heterocycles. The average Bonchev–Trinajstić information content (AvgIpc) is 3.21. The Morgan fingerprint density at radius 1 is 0.861 bits per heavy atom. The third kappa shape index (κ3) is 5.24. The van der Waals surface area contributed by atoms with Crippen LogP contribution in [0.1, 0.15) is 16.7 Å². The van der Waals surface area contributed by atoms with Gasteiger partial charge in [-0.3, -0.25) is 4.79 Å². The standard InChI is InChI=1S/C29H19BrCl2N2O2/c30-22-13-11-19(12-14-22)18-36-28-25(31)16-20(17-26(28)32)15-24-27(21-7-3-1-4-8-21)33-34(29(24)35)23-9-5-2-6-10-23/h1-17H,18H2/b24-15-. The van der Waals surface area contributed by atoms with E-state index in [0.29, 0.717) is 44.9 Å². The SMILES string of the molecule is O=C1/C(=C\c2cc(Cl)c(OCc3ccc(Br)cc3)c(Cl)c2)C(c2ccccc2)=NN1c1ccccc1. The molecule has 0 N–H and O–H groups in total. The first kappa shape index (κ1) is 24.3. The minimum absolute atomic E-state index is 0.233. The monoisotopic (exact) mass is 576 g/mol. The van der Waals surface area contributed by atoms with Crippen molar-refractivity contribution in [3.63, 3.8) is 0 Å². The molecule has 0 bridgehead atoms. The van der Waals surface area contributed by atoms with E-state index in [-0.39, 0.29) is 5.91 Å². The van der Waals surface area contributed by atoms with E-state index in [2.05, 4.69) is 21.0 Å². The second kappa shape index (κ2) is 10.7. The van der Waals surface area contributed by atoms with Crippen LogP contribution in [-0.2, 0) is 11.4 Å². The molecule has 4 aromatic carbocycles. The maximum atomic E-state index is 13.5. The Morgan fingerprint density at radius 2 is 1.47 bits per heavy atom. The molecular weight excluding hydrogens is 559 g/mol. The number of nitrogens with zero attached hydrogens (tertiary/aromatic N) is 2. The van der Waals surface area contributed by atoms with E-state index in [4.69, 9.17) is 27.9 Å². The molecule has 4 aromatic rings. The molecule has 7 heteroatoms. The van der Waals surface area contributed by atoms with Crippen molar-refractivity contribution < 1.29 is 9.53 Å². The van der Waals surface area contributed by atoms with Gasteiger partial charge in [0.15, 0.2) is 5.75 Å². The zero-order chi connectivity index (χ0) is 25.1. The smallest absolute Gasteiger partial charge is 0.281 e. The predicted octanol–water partition coefficient (Wildman–Crippen LogP) is 8.17. The summed E-state index contributed by atoms with van der Waals surface area (Å²) in [6.45, 7) is 0.322. The van der Waals surface area contributed by atoms with Crippen molar-refractivity contribution in [3.05, 3.63) is 134 Å². The average molecular weight is 578 g/mol. The van der Waals surface area contributed by atoms with Crippen LogP contribution in [0, 0.1) is 0 Å².